The van der Waals surface area contributed by atoms with E-state index in [-0.39, 0.29) is 17.8 Å². The number of amides is 4. The van der Waals surface area contributed by atoms with Crippen molar-refractivity contribution in [3.63, 3.8) is 0 Å². The van der Waals surface area contributed by atoms with Gasteiger partial charge in [-0.15, -0.1) is 0 Å². The fraction of sp³-hybridized carbons (Fsp3) is 0.174. The van der Waals surface area contributed by atoms with E-state index in [1.807, 2.05) is 18.2 Å². The topological polar surface area (TPSA) is 94.9 Å². The van der Waals surface area contributed by atoms with Crippen LogP contribution < -0.4 is 10.6 Å². The molecule has 158 valence electrons. The molecule has 0 atom stereocenters. The van der Waals surface area contributed by atoms with Gasteiger partial charge in [-0.25, -0.2) is 4.79 Å². The summed E-state index contributed by atoms with van der Waals surface area (Å²) in [5, 5.41) is 5.61. The quantitative estimate of drug-likeness (QED) is 0.678. The van der Waals surface area contributed by atoms with Crippen LogP contribution in [-0.4, -0.2) is 53.8 Å². The van der Waals surface area contributed by atoms with Crippen molar-refractivity contribution < 1.29 is 18.8 Å². The summed E-state index contributed by atoms with van der Waals surface area (Å²) in [5.74, 6) is -0.321. The second-order valence-corrected chi connectivity index (χ2v) is 7.12. The van der Waals surface area contributed by atoms with Crippen molar-refractivity contribution in [2.24, 2.45) is 0 Å². The Balaban J connectivity index is 1.31. The summed E-state index contributed by atoms with van der Waals surface area (Å²) >= 11 is 0. The predicted molar refractivity (Wildman–Crippen MR) is 116 cm³/mol. The van der Waals surface area contributed by atoms with Crippen LogP contribution >= 0.6 is 0 Å². The number of benzene rings is 2. The molecule has 0 spiro atoms. The number of piperazine rings is 1. The first kappa shape index (κ1) is 20.2. The smallest absolute Gasteiger partial charge is 0.321 e. The van der Waals surface area contributed by atoms with Gasteiger partial charge in [-0.1, -0.05) is 24.3 Å². The SMILES string of the molecule is O=C(Nc1cccc(NC(=O)N2CCN(C(=O)c3ccccc3)CC2)c1)c1ccoc1. The molecule has 1 aliphatic rings. The zero-order chi connectivity index (χ0) is 21.6. The Morgan fingerprint density at radius 2 is 1.42 bits per heavy atom. The van der Waals surface area contributed by atoms with E-state index in [1.165, 1.54) is 12.5 Å². The van der Waals surface area contributed by atoms with Crippen molar-refractivity contribution >= 4 is 29.2 Å². The Morgan fingerprint density at radius 3 is 2.10 bits per heavy atom. The van der Waals surface area contributed by atoms with Crippen LogP contribution in [0.5, 0.6) is 0 Å². The molecular weight excluding hydrogens is 396 g/mol. The zero-order valence-corrected chi connectivity index (χ0v) is 16.8. The van der Waals surface area contributed by atoms with E-state index < -0.39 is 0 Å². The Labute approximate surface area is 179 Å². The highest BCUT2D eigenvalue weighted by molar-refractivity contribution is 6.04. The molecule has 1 fully saturated rings. The van der Waals surface area contributed by atoms with Gasteiger partial charge in [-0.2, -0.15) is 0 Å². The van der Waals surface area contributed by atoms with Crippen molar-refractivity contribution in [1.82, 2.24) is 9.80 Å². The minimum absolute atomic E-state index is 0.0262. The molecule has 4 amide bonds. The van der Waals surface area contributed by atoms with Crippen LogP contribution in [-0.2, 0) is 0 Å². The molecule has 8 nitrogen and oxygen atoms in total. The standard InChI is InChI=1S/C23H22N4O4/c28-21(18-9-14-31-16-18)24-19-7-4-8-20(15-19)25-23(30)27-12-10-26(11-13-27)22(29)17-5-2-1-3-6-17/h1-9,14-16H,10-13H2,(H,24,28)(H,25,30). The maximum absolute atomic E-state index is 12.6. The van der Waals surface area contributed by atoms with Crippen molar-refractivity contribution in [2.45, 2.75) is 0 Å². The average Bonchev–Trinajstić information content (AvgIpc) is 3.35. The normalized spacial score (nSPS) is 13.5. The van der Waals surface area contributed by atoms with Gasteiger partial charge in [0.1, 0.15) is 6.26 Å². The molecule has 2 N–H and O–H groups in total. The first-order valence-electron chi connectivity index (χ1n) is 9.94. The van der Waals surface area contributed by atoms with Crippen molar-refractivity contribution in [1.29, 1.82) is 0 Å². The summed E-state index contributed by atoms with van der Waals surface area (Å²) in [7, 11) is 0. The lowest BCUT2D eigenvalue weighted by molar-refractivity contribution is 0.0671. The summed E-state index contributed by atoms with van der Waals surface area (Å²) < 4.78 is 4.92. The number of urea groups is 1. The second kappa shape index (κ2) is 9.17. The molecule has 8 heteroatoms. The molecule has 0 aliphatic carbocycles. The van der Waals surface area contributed by atoms with Crippen LogP contribution in [0.25, 0.3) is 0 Å². The van der Waals surface area contributed by atoms with E-state index >= 15 is 0 Å². The lowest BCUT2D eigenvalue weighted by atomic mass is 10.2. The van der Waals surface area contributed by atoms with Gasteiger partial charge in [0.2, 0.25) is 0 Å². The van der Waals surface area contributed by atoms with Gasteiger partial charge in [0, 0.05) is 43.1 Å². The Bertz CT molecular complexity index is 1060. The fourth-order valence-corrected chi connectivity index (χ4v) is 3.35. The molecule has 1 aromatic heterocycles. The maximum atomic E-state index is 12.6. The minimum atomic E-state index is -0.295. The highest BCUT2D eigenvalue weighted by atomic mass is 16.3. The van der Waals surface area contributed by atoms with Gasteiger partial charge >= 0.3 is 6.03 Å². The summed E-state index contributed by atoms with van der Waals surface area (Å²) in [6.45, 7) is 1.84. The first-order valence-corrected chi connectivity index (χ1v) is 9.94. The van der Waals surface area contributed by atoms with E-state index in [9.17, 15) is 14.4 Å². The highest BCUT2D eigenvalue weighted by Gasteiger charge is 2.24. The van der Waals surface area contributed by atoms with Crippen LogP contribution in [0.2, 0.25) is 0 Å². The molecule has 31 heavy (non-hydrogen) atoms. The van der Waals surface area contributed by atoms with E-state index in [1.54, 1.807) is 52.3 Å². The molecule has 0 bridgehead atoms. The molecule has 0 saturated carbocycles. The number of carbonyl (C=O) groups is 3. The molecule has 1 saturated heterocycles. The second-order valence-electron chi connectivity index (χ2n) is 7.12. The van der Waals surface area contributed by atoms with Crippen LogP contribution in [0.1, 0.15) is 20.7 Å². The summed E-state index contributed by atoms with van der Waals surface area (Å²) in [6, 6.07) is 17.4. The largest absolute Gasteiger partial charge is 0.472 e. The van der Waals surface area contributed by atoms with Gasteiger partial charge < -0.3 is 24.9 Å². The molecule has 2 heterocycles. The van der Waals surface area contributed by atoms with Gasteiger partial charge in [-0.3, -0.25) is 9.59 Å². The van der Waals surface area contributed by atoms with E-state index in [0.717, 1.165) is 0 Å². The predicted octanol–water partition coefficient (Wildman–Crippen LogP) is 3.52. The van der Waals surface area contributed by atoms with Crippen molar-refractivity contribution in [3.05, 3.63) is 84.3 Å². The Kier molecular flexibility index (Phi) is 5.98. The lowest BCUT2D eigenvalue weighted by Crippen LogP contribution is -2.51. The molecule has 4 rings (SSSR count). The number of anilines is 2. The molecule has 1 aliphatic heterocycles. The fourth-order valence-electron chi connectivity index (χ4n) is 3.35. The highest BCUT2D eigenvalue weighted by Crippen LogP contribution is 2.17. The van der Waals surface area contributed by atoms with Crippen LogP contribution in [0, 0.1) is 0 Å². The van der Waals surface area contributed by atoms with Gasteiger partial charge in [0.05, 0.1) is 11.8 Å². The molecule has 3 aromatic rings. The zero-order valence-electron chi connectivity index (χ0n) is 16.8. The molecular formula is C23H22N4O4. The van der Waals surface area contributed by atoms with Crippen LogP contribution in [0.3, 0.4) is 0 Å². The molecule has 0 radical (unpaired) electrons. The Morgan fingerprint density at radius 1 is 0.742 bits per heavy atom. The van der Waals surface area contributed by atoms with E-state index in [0.29, 0.717) is 48.7 Å². The molecule has 2 aromatic carbocycles. The van der Waals surface area contributed by atoms with Crippen LogP contribution in [0.15, 0.2) is 77.6 Å². The summed E-state index contributed by atoms with van der Waals surface area (Å²) in [5.41, 5.74) is 2.19. The average molecular weight is 418 g/mol. The van der Waals surface area contributed by atoms with Crippen molar-refractivity contribution in [3.8, 4) is 0 Å². The lowest BCUT2D eigenvalue weighted by Gasteiger charge is -2.34. The minimum Gasteiger partial charge on any atom is -0.472 e. The number of nitrogens with zero attached hydrogens (tertiary/aromatic N) is 2. The number of hydrogen-bond acceptors (Lipinski definition) is 4. The number of furan rings is 1. The van der Waals surface area contributed by atoms with E-state index in [2.05, 4.69) is 10.6 Å². The summed E-state index contributed by atoms with van der Waals surface area (Å²) in [6.07, 6.45) is 2.79. The third-order valence-electron chi connectivity index (χ3n) is 5.03. The first-order chi connectivity index (χ1) is 15.1. The number of rotatable bonds is 4. The third-order valence-corrected chi connectivity index (χ3v) is 5.03. The van der Waals surface area contributed by atoms with Gasteiger partial charge in [-0.05, 0) is 36.4 Å². The third kappa shape index (κ3) is 4.92. The molecule has 0 unspecified atom stereocenters. The van der Waals surface area contributed by atoms with Crippen molar-refractivity contribution in [2.75, 3.05) is 36.8 Å². The number of carbonyl (C=O) groups excluding carboxylic acids is 3. The maximum Gasteiger partial charge on any atom is 0.321 e. The monoisotopic (exact) mass is 418 g/mol. The number of hydrogen-bond donors (Lipinski definition) is 2. The van der Waals surface area contributed by atoms with Gasteiger partial charge in [0.15, 0.2) is 0 Å². The number of nitrogens with one attached hydrogen (secondary N) is 2. The van der Waals surface area contributed by atoms with E-state index in [4.69, 9.17) is 4.42 Å². The van der Waals surface area contributed by atoms with Gasteiger partial charge in [0.25, 0.3) is 11.8 Å². The Hall–Kier alpha value is -4.07. The summed E-state index contributed by atoms with van der Waals surface area (Å²) in [4.78, 5) is 40.8. The van der Waals surface area contributed by atoms with Crippen LogP contribution in [0.4, 0.5) is 16.2 Å².